The number of anilines is 2. The minimum absolute atomic E-state index is 0.746. The van der Waals surface area contributed by atoms with Gasteiger partial charge in [-0.2, -0.15) is 10.3 Å². The predicted octanol–water partition coefficient (Wildman–Crippen LogP) is 3.89. The fraction of sp³-hybridized carbons (Fsp3) is 0.0667. The maximum atomic E-state index is 5.90. The zero-order valence-electron chi connectivity index (χ0n) is 10.9. The van der Waals surface area contributed by atoms with Gasteiger partial charge in [0.15, 0.2) is 5.82 Å². The topological polar surface area (TPSA) is 44.8 Å². The highest BCUT2D eigenvalue weighted by Crippen LogP contribution is 2.26. The van der Waals surface area contributed by atoms with Crippen molar-refractivity contribution in [1.29, 1.82) is 0 Å². The second-order valence-electron chi connectivity index (χ2n) is 4.44. The van der Waals surface area contributed by atoms with Crippen LogP contribution in [0.4, 0.5) is 11.5 Å². The van der Waals surface area contributed by atoms with Crippen molar-refractivity contribution < 1.29 is 0 Å². The Hall–Kier alpha value is -2.33. The molecule has 0 unspecified atom stereocenters. The van der Waals surface area contributed by atoms with Gasteiger partial charge in [-0.15, -0.1) is 5.10 Å². The highest BCUT2D eigenvalue weighted by atomic mass is 35.5. The highest BCUT2D eigenvalue weighted by Gasteiger charge is 2.06. The van der Waals surface area contributed by atoms with E-state index < -0.39 is 0 Å². The van der Waals surface area contributed by atoms with Crippen LogP contribution in [0.15, 0.2) is 54.7 Å². The van der Waals surface area contributed by atoms with Gasteiger partial charge in [-0.05, 0) is 35.4 Å². The monoisotopic (exact) mass is 284 g/mol. The second-order valence-corrected chi connectivity index (χ2v) is 4.88. The van der Waals surface area contributed by atoms with E-state index in [9.17, 15) is 0 Å². The Morgan fingerprint density at radius 2 is 1.55 bits per heavy atom. The summed E-state index contributed by atoms with van der Waals surface area (Å²) in [5.41, 5.74) is 3.35. The molecule has 1 heterocycles. The van der Waals surface area contributed by atoms with E-state index in [2.05, 4.69) is 39.7 Å². The summed E-state index contributed by atoms with van der Waals surface area (Å²) in [4.78, 5) is 1.97. The molecule has 3 aromatic rings. The molecule has 0 radical (unpaired) electrons. The van der Waals surface area contributed by atoms with Crippen molar-refractivity contribution in [2.24, 2.45) is 0 Å². The van der Waals surface area contributed by atoms with E-state index in [1.54, 1.807) is 6.20 Å². The Balaban J connectivity index is 1.86. The Bertz CT molecular complexity index is 675. The van der Waals surface area contributed by atoms with Gasteiger partial charge in [-0.1, -0.05) is 35.9 Å². The van der Waals surface area contributed by atoms with E-state index >= 15 is 0 Å². The van der Waals surface area contributed by atoms with Crippen LogP contribution in [0.1, 0.15) is 0 Å². The number of aromatic nitrogens is 3. The summed E-state index contributed by atoms with van der Waals surface area (Å²) in [5.74, 6) is 0.782. The molecule has 2 aromatic carbocycles. The molecular formula is C15H13ClN4. The number of benzene rings is 2. The molecule has 0 fully saturated rings. The molecule has 4 nitrogen and oxygen atoms in total. The van der Waals surface area contributed by atoms with Crippen molar-refractivity contribution in [3.63, 3.8) is 0 Å². The van der Waals surface area contributed by atoms with Gasteiger partial charge in [0.25, 0.3) is 0 Å². The summed E-state index contributed by atoms with van der Waals surface area (Å²) in [7, 11) is 1.95. The average Bonchev–Trinajstić information content (AvgIpc) is 3.02. The predicted molar refractivity (Wildman–Crippen MR) is 81.3 cm³/mol. The number of nitrogens with zero attached hydrogens (tertiary/aromatic N) is 3. The van der Waals surface area contributed by atoms with Crippen LogP contribution < -0.4 is 4.90 Å². The fourth-order valence-electron chi connectivity index (χ4n) is 2.01. The van der Waals surface area contributed by atoms with Gasteiger partial charge in [0.05, 0.1) is 6.20 Å². The van der Waals surface area contributed by atoms with E-state index in [0.29, 0.717) is 0 Å². The second kappa shape index (κ2) is 5.35. The third-order valence-corrected chi connectivity index (χ3v) is 3.43. The maximum Gasteiger partial charge on any atom is 0.175 e. The van der Waals surface area contributed by atoms with Gasteiger partial charge in [0.1, 0.15) is 0 Å². The minimum atomic E-state index is 0.746. The molecule has 0 bridgehead atoms. The minimum Gasteiger partial charge on any atom is -0.327 e. The molecule has 0 aliphatic rings. The smallest absolute Gasteiger partial charge is 0.175 e. The molecule has 0 amide bonds. The van der Waals surface area contributed by atoms with Gasteiger partial charge in [0.2, 0.25) is 0 Å². The van der Waals surface area contributed by atoms with E-state index in [1.165, 1.54) is 0 Å². The molecule has 0 aliphatic carbocycles. The van der Waals surface area contributed by atoms with E-state index in [1.807, 2.05) is 36.2 Å². The van der Waals surface area contributed by atoms with Crippen LogP contribution in [0.3, 0.4) is 0 Å². The van der Waals surface area contributed by atoms with Crippen LogP contribution in [0.25, 0.3) is 11.1 Å². The summed E-state index contributed by atoms with van der Waals surface area (Å²) in [6, 6.07) is 16.1. The molecule has 0 saturated heterocycles. The summed E-state index contributed by atoms with van der Waals surface area (Å²) in [6.07, 6.45) is 1.69. The van der Waals surface area contributed by atoms with Crippen LogP contribution in [0.2, 0.25) is 5.02 Å². The number of H-pyrrole nitrogens is 1. The summed E-state index contributed by atoms with van der Waals surface area (Å²) < 4.78 is 0. The third kappa shape index (κ3) is 2.51. The number of aromatic amines is 1. The van der Waals surface area contributed by atoms with Crippen molar-refractivity contribution in [3.05, 3.63) is 59.8 Å². The first-order valence-electron chi connectivity index (χ1n) is 6.19. The van der Waals surface area contributed by atoms with Crippen molar-refractivity contribution >= 4 is 23.1 Å². The Morgan fingerprint density at radius 3 is 2.10 bits per heavy atom. The van der Waals surface area contributed by atoms with Crippen LogP contribution in [0, 0.1) is 0 Å². The lowest BCUT2D eigenvalue weighted by atomic mass is 10.1. The van der Waals surface area contributed by atoms with Crippen molar-refractivity contribution in [2.45, 2.75) is 0 Å². The zero-order valence-corrected chi connectivity index (χ0v) is 11.7. The molecule has 20 heavy (non-hydrogen) atoms. The fourth-order valence-corrected chi connectivity index (χ4v) is 2.14. The lowest BCUT2D eigenvalue weighted by molar-refractivity contribution is 0.933. The lowest BCUT2D eigenvalue weighted by Crippen LogP contribution is -2.09. The maximum absolute atomic E-state index is 5.90. The Morgan fingerprint density at radius 1 is 0.950 bits per heavy atom. The molecule has 0 spiro atoms. The van der Waals surface area contributed by atoms with Gasteiger partial charge < -0.3 is 4.90 Å². The molecule has 5 heteroatoms. The number of hydrogen-bond acceptors (Lipinski definition) is 3. The molecule has 100 valence electrons. The van der Waals surface area contributed by atoms with Crippen LogP contribution in [-0.2, 0) is 0 Å². The normalized spacial score (nSPS) is 10.5. The highest BCUT2D eigenvalue weighted by molar-refractivity contribution is 6.30. The molecule has 0 atom stereocenters. The van der Waals surface area contributed by atoms with Crippen molar-refractivity contribution in [1.82, 2.24) is 15.4 Å². The van der Waals surface area contributed by atoms with Crippen LogP contribution in [-0.4, -0.2) is 22.5 Å². The lowest BCUT2D eigenvalue weighted by Gasteiger charge is -2.16. The van der Waals surface area contributed by atoms with Crippen LogP contribution in [0.5, 0.6) is 0 Å². The first kappa shape index (κ1) is 12.7. The van der Waals surface area contributed by atoms with Gasteiger partial charge >= 0.3 is 0 Å². The van der Waals surface area contributed by atoms with E-state index in [4.69, 9.17) is 11.6 Å². The summed E-state index contributed by atoms with van der Waals surface area (Å²) in [5, 5.41) is 11.2. The van der Waals surface area contributed by atoms with Gasteiger partial charge in [-0.3, -0.25) is 0 Å². The van der Waals surface area contributed by atoms with E-state index in [-0.39, 0.29) is 0 Å². The standard InChI is InChI=1S/C15H13ClN4/c1-20(15-10-17-19-18-15)14-8-4-12(5-9-14)11-2-6-13(16)7-3-11/h2-10H,1H3,(H,17,18,19). The quantitative estimate of drug-likeness (QED) is 0.793. The third-order valence-electron chi connectivity index (χ3n) is 3.18. The number of halogens is 1. The Kier molecular flexibility index (Phi) is 3.39. The zero-order chi connectivity index (χ0) is 13.9. The molecule has 1 N–H and O–H groups in total. The van der Waals surface area contributed by atoms with Crippen molar-refractivity contribution in [3.8, 4) is 11.1 Å². The summed E-state index contributed by atoms with van der Waals surface area (Å²) >= 11 is 5.90. The molecule has 3 rings (SSSR count). The molecule has 0 aliphatic heterocycles. The SMILES string of the molecule is CN(c1ccc(-c2ccc(Cl)cc2)cc1)c1cn[nH]n1. The van der Waals surface area contributed by atoms with Gasteiger partial charge in [-0.25, -0.2) is 0 Å². The molecule has 1 aromatic heterocycles. The average molecular weight is 285 g/mol. The number of hydrogen-bond donors (Lipinski definition) is 1. The van der Waals surface area contributed by atoms with Crippen molar-refractivity contribution in [2.75, 3.05) is 11.9 Å². The Labute approximate surface area is 122 Å². The first-order valence-corrected chi connectivity index (χ1v) is 6.57. The van der Waals surface area contributed by atoms with Crippen LogP contribution >= 0.6 is 11.6 Å². The largest absolute Gasteiger partial charge is 0.327 e. The molecule has 0 saturated carbocycles. The summed E-state index contributed by atoms with van der Waals surface area (Å²) in [6.45, 7) is 0. The number of nitrogens with one attached hydrogen (secondary N) is 1. The first-order chi connectivity index (χ1) is 9.74. The molecular weight excluding hydrogens is 272 g/mol. The van der Waals surface area contributed by atoms with E-state index in [0.717, 1.165) is 27.7 Å². The van der Waals surface area contributed by atoms with Gasteiger partial charge in [0, 0.05) is 17.8 Å². The number of rotatable bonds is 3.